The number of anilines is 1. The molecule has 0 N–H and O–H groups in total. The van der Waals surface area contributed by atoms with Gasteiger partial charge < -0.3 is 14.4 Å². The molecule has 0 aliphatic carbocycles. The van der Waals surface area contributed by atoms with Crippen LogP contribution in [-0.2, 0) is 4.74 Å². The number of hydrogen-bond donors (Lipinski definition) is 0. The van der Waals surface area contributed by atoms with Crippen molar-refractivity contribution in [2.75, 3.05) is 18.6 Å². The van der Waals surface area contributed by atoms with Crippen molar-refractivity contribution in [2.45, 2.75) is 39.0 Å². The molecule has 20 heavy (non-hydrogen) atoms. The molecule has 1 aromatic rings. The van der Waals surface area contributed by atoms with Crippen molar-refractivity contribution in [3.8, 4) is 5.75 Å². The summed E-state index contributed by atoms with van der Waals surface area (Å²) >= 11 is 0. The monoisotopic (exact) mass is 280 g/mol. The lowest BCUT2D eigenvalue weighted by Crippen LogP contribution is -2.52. The molecule has 1 aliphatic rings. The normalized spacial score (nSPS) is 26.4. The minimum absolute atomic E-state index is 0.0155. The second-order valence-corrected chi connectivity index (χ2v) is 5.16. The fraction of sp³-hybridized carbons (Fsp3) is 0.571. The van der Waals surface area contributed by atoms with Crippen LogP contribution >= 0.6 is 0 Å². The Morgan fingerprint density at radius 3 is 2.70 bits per heavy atom. The van der Waals surface area contributed by atoms with E-state index < -0.39 is 4.92 Å². The van der Waals surface area contributed by atoms with E-state index in [9.17, 15) is 10.1 Å². The zero-order valence-corrected chi connectivity index (χ0v) is 12.2. The summed E-state index contributed by atoms with van der Waals surface area (Å²) in [6.07, 6.45) is 0.238. The zero-order valence-electron chi connectivity index (χ0n) is 12.2. The summed E-state index contributed by atoms with van der Waals surface area (Å²) < 4.78 is 10.9. The second-order valence-electron chi connectivity index (χ2n) is 5.16. The number of nitro groups is 1. The molecule has 1 fully saturated rings. The molecule has 1 aromatic carbocycles. The number of morpholine rings is 1. The highest BCUT2D eigenvalue weighted by molar-refractivity contribution is 5.60. The van der Waals surface area contributed by atoms with E-state index >= 15 is 0 Å². The number of rotatable bonds is 3. The number of ether oxygens (including phenoxy) is 2. The molecule has 110 valence electrons. The van der Waals surface area contributed by atoms with Gasteiger partial charge in [-0.2, -0.15) is 0 Å². The summed E-state index contributed by atoms with van der Waals surface area (Å²) in [6, 6.07) is 5.19. The van der Waals surface area contributed by atoms with E-state index in [0.717, 1.165) is 12.2 Å². The molecule has 0 bridgehead atoms. The molecule has 0 saturated carbocycles. The standard InChI is InChI=1S/C14H20N2O4/c1-9-8-15(10(2)11(3)20-9)12-5-6-13(16(17)18)14(7-12)19-4/h5-7,9-11H,8H2,1-4H3/t9-,10+,11-/m0/s1. The molecule has 6 nitrogen and oxygen atoms in total. The van der Waals surface area contributed by atoms with E-state index in [-0.39, 0.29) is 29.7 Å². The van der Waals surface area contributed by atoms with Gasteiger partial charge in [0.05, 0.1) is 30.3 Å². The Balaban J connectivity index is 2.34. The lowest BCUT2D eigenvalue weighted by atomic mass is 10.1. The Morgan fingerprint density at radius 2 is 2.10 bits per heavy atom. The predicted molar refractivity (Wildman–Crippen MR) is 76.5 cm³/mol. The smallest absolute Gasteiger partial charge is 0.311 e. The summed E-state index contributed by atoms with van der Waals surface area (Å²) in [7, 11) is 1.44. The molecule has 0 amide bonds. The van der Waals surface area contributed by atoms with Crippen LogP contribution in [0.5, 0.6) is 5.75 Å². The highest BCUT2D eigenvalue weighted by Crippen LogP contribution is 2.33. The number of methoxy groups -OCH3 is 1. The van der Waals surface area contributed by atoms with Crippen molar-refractivity contribution in [3.63, 3.8) is 0 Å². The van der Waals surface area contributed by atoms with Crippen LogP contribution < -0.4 is 9.64 Å². The average molecular weight is 280 g/mol. The molecule has 2 rings (SSSR count). The van der Waals surface area contributed by atoms with E-state index in [1.807, 2.05) is 13.8 Å². The van der Waals surface area contributed by atoms with E-state index in [0.29, 0.717) is 0 Å². The van der Waals surface area contributed by atoms with Crippen LogP contribution in [0.1, 0.15) is 20.8 Å². The van der Waals surface area contributed by atoms with Crippen LogP contribution in [0.4, 0.5) is 11.4 Å². The first-order chi connectivity index (χ1) is 9.43. The van der Waals surface area contributed by atoms with Gasteiger partial charge in [-0.25, -0.2) is 0 Å². The molecular formula is C14H20N2O4. The van der Waals surface area contributed by atoms with Gasteiger partial charge >= 0.3 is 5.69 Å². The van der Waals surface area contributed by atoms with Crippen molar-refractivity contribution in [2.24, 2.45) is 0 Å². The third kappa shape index (κ3) is 2.70. The maximum Gasteiger partial charge on any atom is 0.311 e. The highest BCUT2D eigenvalue weighted by Gasteiger charge is 2.30. The van der Waals surface area contributed by atoms with E-state index in [4.69, 9.17) is 9.47 Å². The fourth-order valence-electron chi connectivity index (χ4n) is 2.56. The summed E-state index contributed by atoms with van der Waals surface area (Å²) in [5, 5.41) is 10.9. The van der Waals surface area contributed by atoms with Crippen LogP contribution in [0, 0.1) is 10.1 Å². The van der Waals surface area contributed by atoms with Gasteiger partial charge in [-0.1, -0.05) is 0 Å². The van der Waals surface area contributed by atoms with Gasteiger partial charge in [0.15, 0.2) is 5.75 Å². The van der Waals surface area contributed by atoms with Crippen molar-refractivity contribution in [1.82, 2.24) is 0 Å². The second kappa shape index (κ2) is 5.66. The zero-order chi connectivity index (χ0) is 14.9. The van der Waals surface area contributed by atoms with Crippen molar-refractivity contribution in [1.29, 1.82) is 0 Å². The molecule has 1 heterocycles. The van der Waals surface area contributed by atoms with Gasteiger partial charge in [0.25, 0.3) is 0 Å². The van der Waals surface area contributed by atoms with Gasteiger partial charge in [-0.3, -0.25) is 10.1 Å². The Kier molecular flexibility index (Phi) is 4.13. The fourth-order valence-corrected chi connectivity index (χ4v) is 2.56. The Bertz CT molecular complexity index is 506. The quantitative estimate of drug-likeness (QED) is 0.629. The number of hydrogen-bond acceptors (Lipinski definition) is 5. The van der Waals surface area contributed by atoms with Gasteiger partial charge in [0.2, 0.25) is 0 Å². The number of nitro benzene ring substituents is 1. The van der Waals surface area contributed by atoms with E-state index in [1.54, 1.807) is 12.1 Å². The molecule has 0 unspecified atom stereocenters. The maximum absolute atomic E-state index is 10.9. The number of benzene rings is 1. The Morgan fingerprint density at radius 1 is 1.40 bits per heavy atom. The number of nitrogens with zero attached hydrogens (tertiary/aromatic N) is 2. The minimum atomic E-state index is -0.434. The molecular weight excluding hydrogens is 260 g/mol. The van der Waals surface area contributed by atoms with Gasteiger partial charge in [-0.05, 0) is 26.8 Å². The van der Waals surface area contributed by atoms with Gasteiger partial charge in [0.1, 0.15) is 0 Å². The van der Waals surface area contributed by atoms with Crippen molar-refractivity contribution >= 4 is 11.4 Å². The summed E-state index contributed by atoms with van der Waals surface area (Å²) in [5.74, 6) is 0.284. The topological polar surface area (TPSA) is 64.8 Å². The third-order valence-corrected chi connectivity index (χ3v) is 3.76. The SMILES string of the molecule is COc1cc(N2C[C@H](C)O[C@@H](C)[C@H]2C)ccc1[N+](=O)[O-]. The van der Waals surface area contributed by atoms with E-state index in [2.05, 4.69) is 11.8 Å². The molecule has 0 spiro atoms. The maximum atomic E-state index is 10.9. The molecule has 6 heteroatoms. The Hall–Kier alpha value is -1.82. The minimum Gasteiger partial charge on any atom is -0.490 e. The Labute approximate surface area is 118 Å². The van der Waals surface area contributed by atoms with Crippen LogP contribution in [0.25, 0.3) is 0 Å². The lowest BCUT2D eigenvalue weighted by molar-refractivity contribution is -0.385. The lowest BCUT2D eigenvalue weighted by Gasteiger charge is -2.42. The summed E-state index contributed by atoms with van der Waals surface area (Å²) in [5.41, 5.74) is 0.903. The molecule has 1 aliphatic heterocycles. The summed E-state index contributed by atoms with van der Waals surface area (Å²) in [4.78, 5) is 12.7. The van der Waals surface area contributed by atoms with Crippen LogP contribution in [-0.4, -0.2) is 36.8 Å². The average Bonchev–Trinajstić information content (AvgIpc) is 2.41. The van der Waals surface area contributed by atoms with Crippen LogP contribution in [0.15, 0.2) is 18.2 Å². The summed E-state index contributed by atoms with van der Waals surface area (Å²) in [6.45, 7) is 6.91. The van der Waals surface area contributed by atoms with Gasteiger partial charge in [0, 0.05) is 24.4 Å². The van der Waals surface area contributed by atoms with Crippen LogP contribution in [0.3, 0.4) is 0 Å². The first kappa shape index (κ1) is 14.6. The first-order valence-corrected chi connectivity index (χ1v) is 6.68. The van der Waals surface area contributed by atoms with Crippen molar-refractivity contribution < 1.29 is 14.4 Å². The highest BCUT2D eigenvalue weighted by atomic mass is 16.6. The molecule has 0 aromatic heterocycles. The van der Waals surface area contributed by atoms with E-state index in [1.165, 1.54) is 13.2 Å². The molecule has 3 atom stereocenters. The van der Waals surface area contributed by atoms with Gasteiger partial charge in [-0.15, -0.1) is 0 Å². The molecule has 0 radical (unpaired) electrons. The largest absolute Gasteiger partial charge is 0.490 e. The first-order valence-electron chi connectivity index (χ1n) is 6.68. The molecule has 1 saturated heterocycles. The third-order valence-electron chi connectivity index (χ3n) is 3.76. The van der Waals surface area contributed by atoms with Crippen LogP contribution in [0.2, 0.25) is 0 Å². The van der Waals surface area contributed by atoms with Crippen molar-refractivity contribution in [3.05, 3.63) is 28.3 Å². The predicted octanol–water partition coefficient (Wildman–Crippen LogP) is 2.61.